The number of aliphatic hydroxyl groups excluding tert-OH is 1. The van der Waals surface area contributed by atoms with Crippen molar-refractivity contribution in [1.82, 2.24) is 15.2 Å². The van der Waals surface area contributed by atoms with E-state index in [1.807, 2.05) is 12.3 Å². The lowest BCUT2D eigenvalue weighted by Crippen LogP contribution is -2.34. The maximum atomic E-state index is 9.66. The van der Waals surface area contributed by atoms with Gasteiger partial charge >= 0.3 is 0 Å². The summed E-state index contributed by atoms with van der Waals surface area (Å²) in [6.07, 6.45) is 4.82. The van der Waals surface area contributed by atoms with E-state index < -0.39 is 0 Å². The molecule has 1 aromatic heterocycles. The summed E-state index contributed by atoms with van der Waals surface area (Å²) in [4.78, 5) is 6.53. The van der Waals surface area contributed by atoms with Crippen LogP contribution in [0.15, 0.2) is 18.5 Å². The summed E-state index contributed by atoms with van der Waals surface area (Å²) in [6.45, 7) is 6.32. The third-order valence-electron chi connectivity index (χ3n) is 3.43. The van der Waals surface area contributed by atoms with Crippen LogP contribution in [0.1, 0.15) is 23.6 Å². The Morgan fingerprint density at radius 3 is 3.12 bits per heavy atom. The number of pyridine rings is 1. The fourth-order valence-electron chi connectivity index (χ4n) is 2.41. The summed E-state index contributed by atoms with van der Waals surface area (Å²) < 4.78 is 0. The lowest BCUT2D eigenvalue weighted by molar-refractivity contribution is 0.129. The van der Waals surface area contributed by atoms with Crippen LogP contribution in [0.2, 0.25) is 0 Å². The number of aromatic nitrogens is 1. The first kappa shape index (κ1) is 12.5. The van der Waals surface area contributed by atoms with Gasteiger partial charge in [0.05, 0.1) is 12.6 Å². The van der Waals surface area contributed by atoms with Crippen LogP contribution in [0.5, 0.6) is 0 Å². The van der Waals surface area contributed by atoms with Crippen molar-refractivity contribution in [2.24, 2.45) is 0 Å². The highest BCUT2D eigenvalue weighted by Crippen LogP contribution is 2.23. The normalized spacial score (nSPS) is 19.9. The molecule has 17 heavy (non-hydrogen) atoms. The van der Waals surface area contributed by atoms with Gasteiger partial charge in [-0.1, -0.05) is 0 Å². The zero-order chi connectivity index (χ0) is 12.1. The molecule has 2 rings (SSSR count). The maximum Gasteiger partial charge on any atom is 0.0629 e. The second-order valence-corrected chi connectivity index (χ2v) is 4.57. The minimum absolute atomic E-state index is 0.0867. The lowest BCUT2D eigenvalue weighted by Gasteiger charge is -2.29. The van der Waals surface area contributed by atoms with Gasteiger partial charge < -0.3 is 10.4 Å². The molecule has 1 unspecified atom stereocenters. The highest BCUT2D eigenvalue weighted by atomic mass is 16.3. The van der Waals surface area contributed by atoms with E-state index in [1.165, 1.54) is 5.56 Å². The predicted octanol–water partition coefficient (Wildman–Crippen LogP) is 0.719. The van der Waals surface area contributed by atoms with Crippen molar-refractivity contribution < 1.29 is 5.11 Å². The van der Waals surface area contributed by atoms with Gasteiger partial charge in [0, 0.05) is 32.0 Å². The number of hydrogen-bond acceptors (Lipinski definition) is 4. The fraction of sp³-hybridized carbons (Fsp3) is 0.615. The number of rotatable bonds is 3. The van der Waals surface area contributed by atoms with Crippen molar-refractivity contribution in [2.45, 2.75) is 19.4 Å². The number of aliphatic hydroxyl groups is 1. The van der Waals surface area contributed by atoms with Crippen molar-refractivity contribution in [3.8, 4) is 0 Å². The lowest BCUT2D eigenvalue weighted by atomic mass is 10.0. The highest BCUT2D eigenvalue weighted by molar-refractivity contribution is 5.25. The monoisotopic (exact) mass is 235 g/mol. The fourth-order valence-corrected chi connectivity index (χ4v) is 2.41. The molecule has 1 aliphatic heterocycles. The average Bonchev–Trinajstić information content (AvgIpc) is 2.62. The molecule has 0 amide bonds. The van der Waals surface area contributed by atoms with E-state index in [0.29, 0.717) is 0 Å². The molecule has 0 aromatic carbocycles. The van der Waals surface area contributed by atoms with E-state index in [0.717, 1.165) is 38.2 Å². The molecule has 1 atom stereocenters. The predicted molar refractivity (Wildman–Crippen MR) is 67.9 cm³/mol. The van der Waals surface area contributed by atoms with Gasteiger partial charge in [0.15, 0.2) is 0 Å². The van der Waals surface area contributed by atoms with Gasteiger partial charge in [0.1, 0.15) is 0 Å². The summed E-state index contributed by atoms with van der Waals surface area (Å²) in [6, 6.07) is 2.09. The molecule has 94 valence electrons. The van der Waals surface area contributed by atoms with Crippen LogP contribution in [-0.2, 0) is 0 Å². The molecule has 4 heteroatoms. The Bertz CT molecular complexity index is 348. The third kappa shape index (κ3) is 3.03. The number of hydrogen-bond donors (Lipinski definition) is 2. The molecular weight excluding hydrogens is 214 g/mol. The summed E-state index contributed by atoms with van der Waals surface area (Å²) >= 11 is 0. The quantitative estimate of drug-likeness (QED) is 0.810. The summed E-state index contributed by atoms with van der Waals surface area (Å²) in [5.41, 5.74) is 2.35. The molecule has 2 heterocycles. The van der Waals surface area contributed by atoms with Crippen molar-refractivity contribution in [1.29, 1.82) is 0 Å². The Labute approximate surface area is 103 Å². The molecule has 2 N–H and O–H groups in total. The molecule has 0 radical (unpaired) electrons. The molecule has 1 aliphatic rings. The Balaban J connectivity index is 2.17. The number of nitrogens with zero attached hydrogens (tertiary/aromatic N) is 2. The number of nitrogens with one attached hydrogen (secondary N) is 1. The van der Waals surface area contributed by atoms with E-state index in [1.54, 1.807) is 6.20 Å². The molecule has 0 spiro atoms. The molecule has 1 fully saturated rings. The van der Waals surface area contributed by atoms with Crippen molar-refractivity contribution in [2.75, 3.05) is 32.8 Å². The zero-order valence-electron chi connectivity index (χ0n) is 10.4. The van der Waals surface area contributed by atoms with Crippen molar-refractivity contribution in [3.05, 3.63) is 29.6 Å². The topological polar surface area (TPSA) is 48.4 Å². The van der Waals surface area contributed by atoms with Gasteiger partial charge in [-0.2, -0.15) is 0 Å². The summed E-state index contributed by atoms with van der Waals surface area (Å²) in [7, 11) is 0. The van der Waals surface area contributed by atoms with Gasteiger partial charge in [0.2, 0.25) is 0 Å². The molecule has 0 saturated carbocycles. The van der Waals surface area contributed by atoms with Crippen LogP contribution in [0.25, 0.3) is 0 Å². The molecule has 0 bridgehead atoms. The van der Waals surface area contributed by atoms with Crippen LogP contribution in [0.4, 0.5) is 0 Å². The Morgan fingerprint density at radius 1 is 1.47 bits per heavy atom. The van der Waals surface area contributed by atoms with Crippen molar-refractivity contribution in [3.63, 3.8) is 0 Å². The first-order valence-corrected chi connectivity index (χ1v) is 6.29. The van der Waals surface area contributed by atoms with Crippen LogP contribution >= 0.6 is 0 Å². The van der Waals surface area contributed by atoms with E-state index in [2.05, 4.69) is 22.1 Å². The first-order valence-electron chi connectivity index (χ1n) is 6.29. The second-order valence-electron chi connectivity index (χ2n) is 4.57. The second kappa shape index (κ2) is 6.10. The standard InChI is InChI=1S/C13H21N3O/c1-11-3-5-15-9-12(11)13(10-17)16-7-2-4-14-6-8-16/h3,5,9,13-14,17H,2,4,6-8,10H2,1H3. The van der Waals surface area contributed by atoms with Crippen LogP contribution in [-0.4, -0.2) is 47.8 Å². The van der Waals surface area contributed by atoms with E-state index in [-0.39, 0.29) is 12.6 Å². The SMILES string of the molecule is Cc1ccncc1C(CO)N1CCCNCC1. The van der Waals surface area contributed by atoms with E-state index in [9.17, 15) is 5.11 Å². The Hall–Kier alpha value is -0.970. The molecule has 4 nitrogen and oxygen atoms in total. The van der Waals surface area contributed by atoms with E-state index >= 15 is 0 Å². The molecular formula is C13H21N3O. The van der Waals surface area contributed by atoms with Gasteiger partial charge in [-0.05, 0) is 37.1 Å². The maximum absolute atomic E-state index is 9.66. The molecule has 0 aliphatic carbocycles. The first-order chi connectivity index (χ1) is 8.33. The van der Waals surface area contributed by atoms with Gasteiger partial charge in [-0.15, -0.1) is 0 Å². The summed E-state index contributed by atoms with van der Waals surface area (Å²) in [5, 5.41) is 13.0. The van der Waals surface area contributed by atoms with Crippen LogP contribution < -0.4 is 5.32 Å². The summed E-state index contributed by atoms with van der Waals surface area (Å²) in [5.74, 6) is 0. The van der Waals surface area contributed by atoms with E-state index in [4.69, 9.17) is 0 Å². The van der Waals surface area contributed by atoms with Crippen LogP contribution in [0, 0.1) is 6.92 Å². The average molecular weight is 235 g/mol. The van der Waals surface area contributed by atoms with Gasteiger partial charge in [-0.25, -0.2) is 0 Å². The Kier molecular flexibility index (Phi) is 4.48. The van der Waals surface area contributed by atoms with Crippen LogP contribution in [0.3, 0.4) is 0 Å². The van der Waals surface area contributed by atoms with Gasteiger partial charge in [0.25, 0.3) is 0 Å². The minimum Gasteiger partial charge on any atom is -0.394 e. The Morgan fingerprint density at radius 2 is 2.35 bits per heavy atom. The van der Waals surface area contributed by atoms with Crippen molar-refractivity contribution >= 4 is 0 Å². The zero-order valence-corrected chi connectivity index (χ0v) is 10.4. The minimum atomic E-state index is 0.0867. The molecule has 1 saturated heterocycles. The smallest absolute Gasteiger partial charge is 0.0629 e. The van der Waals surface area contributed by atoms with Gasteiger partial charge in [-0.3, -0.25) is 9.88 Å². The third-order valence-corrected chi connectivity index (χ3v) is 3.43. The molecule has 1 aromatic rings. The number of aryl methyl sites for hydroxylation is 1. The largest absolute Gasteiger partial charge is 0.394 e. The highest BCUT2D eigenvalue weighted by Gasteiger charge is 2.21.